The Morgan fingerprint density at radius 3 is 2.45 bits per heavy atom. The molecule has 22 heavy (non-hydrogen) atoms. The lowest BCUT2D eigenvalue weighted by Gasteiger charge is -2.18. The fourth-order valence-corrected chi connectivity index (χ4v) is 1.90. The Labute approximate surface area is 127 Å². The maximum Gasteiger partial charge on any atom is 0.387 e. The van der Waals surface area contributed by atoms with Gasteiger partial charge in [-0.05, 0) is 31.5 Å². The molecule has 0 aliphatic rings. The van der Waals surface area contributed by atoms with Gasteiger partial charge in [-0.15, -0.1) is 0 Å². The average molecular weight is 309 g/mol. The van der Waals surface area contributed by atoms with Crippen LogP contribution in [-0.4, -0.2) is 22.7 Å². The SMILES string of the molecule is CC(C)Oc1cc(C(N)c2cnccn2)ccc1OC(F)F. The van der Waals surface area contributed by atoms with E-state index in [0.717, 1.165) is 0 Å². The summed E-state index contributed by atoms with van der Waals surface area (Å²) in [6, 6.07) is 4.06. The van der Waals surface area contributed by atoms with Crippen LogP contribution < -0.4 is 15.2 Å². The zero-order valence-corrected chi connectivity index (χ0v) is 12.2. The Morgan fingerprint density at radius 1 is 1.09 bits per heavy atom. The molecule has 0 bridgehead atoms. The Bertz CT molecular complexity index is 609. The van der Waals surface area contributed by atoms with Gasteiger partial charge < -0.3 is 15.2 Å². The molecule has 1 atom stereocenters. The number of nitrogens with two attached hydrogens (primary N) is 1. The van der Waals surface area contributed by atoms with Crippen molar-refractivity contribution in [2.45, 2.75) is 32.6 Å². The Kier molecular flexibility index (Phi) is 5.21. The number of benzene rings is 1. The van der Waals surface area contributed by atoms with Gasteiger partial charge in [0.15, 0.2) is 11.5 Å². The number of hydrogen-bond acceptors (Lipinski definition) is 5. The molecule has 0 amide bonds. The fraction of sp³-hybridized carbons (Fsp3) is 0.333. The third-order valence-corrected chi connectivity index (χ3v) is 2.81. The molecular formula is C15H17F2N3O2. The quantitative estimate of drug-likeness (QED) is 0.888. The monoisotopic (exact) mass is 309 g/mol. The van der Waals surface area contributed by atoms with Crippen LogP contribution in [0.5, 0.6) is 11.5 Å². The minimum atomic E-state index is -2.92. The number of hydrogen-bond donors (Lipinski definition) is 1. The molecule has 1 aromatic heterocycles. The number of halogens is 2. The molecule has 1 unspecified atom stereocenters. The first-order valence-electron chi connectivity index (χ1n) is 6.74. The second-order valence-electron chi connectivity index (χ2n) is 4.86. The highest BCUT2D eigenvalue weighted by molar-refractivity contribution is 5.45. The van der Waals surface area contributed by atoms with Gasteiger partial charge in [0.2, 0.25) is 0 Å². The van der Waals surface area contributed by atoms with Gasteiger partial charge in [0.05, 0.1) is 24.0 Å². The summed E-state index contributed by atoms with van der Waals surface area (Å²) in [6.45, 7) is 0.664. The van der Waals surface area contributed by atoms with Gasteiger partial charge >= 0.3 is 6.61 Å². The summed E-state index contributed by atoms with van der Waals surface area (Å²) >= 11 is 0. The minimum absolute atomic E-state index is 0.0289. The Balaban J connectivity index is 2.33. The van der Waals surface area contributed by atoms with E-state index >= 15 is 0 Å². The molecule has 2 N–H and O–H groups in total. The molecule has 2 rings (SSSR count). The highest BCUT2D eigenvalue weighted by Crippen LogP contribution is 2.33. The first-order chi connectivity index (χ1) is 10.5. The molecule has 0 radical (unpaired) electrons. The molecule has 2 aromatic rings. The van der Waals surface area contributed by atoms with E-state index in [9.17, 15) is 8.78 Å². The van der Waals surface area contributed by atoms with Crippen LogP contribution in [0.25, 0.3) is 0 Å². The predicted molar refractivity (Wildman–Crippen MR) is 76.9 cm³/mol. The number of aromatic nitrogens is 2. The summed E-state index contributed by atoms with van der Waals surface area (Å²) in [5.74, 6) is 0.186. The van der Waals surface area contributed by atoms with Crippen LogP contribution in [0.1, 0.15) is 31.1 Å². The lowest BCUT2D eigenvalue weighted by atomic mass is 10.0. The summed E-state index contributed by atoms with van der Waals surface area (Å²) < 4.78 is 34.9. The molecule has 0 saturated heterocycles. The van der Waals surface area contributed by atoms with Crippen LogP contribution in [0.2, 0.25) is 0 Å². The maximum absolute atomic E-state index is 12.4. The largest absolute Gasteiger partial charge is 0.487 e. The van der Waals surface area contributed by atoms with Crippen LogP contribution in [0, 0.1) is 0 Å². The summed E-state index contributed by atoms with van der Waals surface area (Å²) in [5.41, 5.74) is 7.35. The molecule has 5 nitrogen and oxygen atoms in total. The van der Waals surface area contributed by atoms with Crippen molar-refractivity contribution in [2.24, 2.45) is 5.73 Å². The van der Waals surface area contributed by atoms with Crippen molar-refractivity contribution in [2.75, 3.05) is 0 Å². The average Bonchev–Trinajstić information content (AvgIpc) is 2.48. The number of ether oxygens (including phenoxy) is 2. The van der Waals surface area contributed by atoms with Gasteiger partial charge in [-0.3, -0.25) is 9.97 Å². The van der Waals surface area contributed by atoms with Gasteiger partial charge in [0, 0.05) is 12.4 Å². The normalized spacial score (nSPS) is 12.5. The van der Waals surface area contributed by atoms with Gasteiger partial charge in [-0.1, -0.05) is 6.07 Å². The van der Waals surface area contributed by atoms with E-state index in [4.69, 9.17) is 10.5 Å². The summed E-state index contributed by atoms with van der Waals surface area (Å²) in [6.07, 6.45) is 4.44. The second-order valence-corrected chi connectivity index (χ2v) is 4.86. The van der Waals surface area contributed by atoms with E-state index in [1.165, 1.54) is 12.3 Å². The molecule has 0 saturated carbocycles. The van der Waals surface area contributed by atoms with Crippen molar-refractivity contribution in [3.8, 4) is 11.5 Å². The Hall–Kier alpha value is -2.28. The van der Waals surface area contributed by atoms with Crippen LogP contribution in [0.15, 0.2) is 36.8 Å². The van der Waals surface area contributed by atoms with Crippen LogP contribution in [-0.2, 0) is 0 Å². The van der Waals surface area contributed by atoms with Crippen molar-refractivity contribution in [1.82, 2.24) is 9.97 Å². The lowest BCUT2D eigenvalue weighted by Crippen LogP contribution is -2.15. The zero-order valence-electron chi connectivity index (χ0n) is 12.2. The number of rotatable bonds is 6. The third-order valence-electron chi connectivity index (χ3n) is 2.81. The van der Waals surface area contributed by atoms with E-state index in [0.29, 0.717) is 11.3 Å². The zero-order chi connectivity index (χ0) is 16.1. The standard InChI is InChI=1S/C15H17F2N3O2/c1-9(2)21-13-7-10(3-4-12(13)22-15(16)17)14(18)11-8-19-5-6-20-11/h3-9,14-15H,18H2,1-2H3. The number of nitrogens with zero attached hydrogens (tertiary/aromatic N) is 2. The topological polar surface area (TPSA) is 70.3 Å². The maximum atomic E-state index is 12.4. The van der Waals surface area contributed by atoms with Gasteiger partial charge in [-0.2, -0.15) is 8.78 Å². The molecule has 0 aliphatic carbocycles. The fourth-order valence-electron chi connectivity index (χ4n) is 1.90. The predicted octanol–water partition coefficient (Wildman–Crippen LogP) is 2.91. The van der Waals surface area contributed by atoms with Crippen molar-refractivity contribution in [3.05, 3.63) is 48.0 Å². The van der Waals surface area contributed by atoms with Crippen molar-refractivity contribution in [3.63, 3.8) is 0 Å². The minimum Gasteiger partial charge on any atom is -0.487 e. The number of alkyl halides is 2. The molecule has 0 aliphatic heterocycles. The summed E-state index contributed by atoms with van der Waals surface area (Å²) in [4.78, 5) is 8.10. The van der Waals surface area contributed by atoms with E-state index in [1.54, 1.807) is 38.4 Å². The molecule has 7 heteroatoms. The van der Waals surface area contributed by atoms with Crippen LogP contribution >= 0.6 is 0 Å². The van der Waals surface area contributed by atoms with Crippen molar-refractivity contribution in [1.29, 1.82) is 0 Å². The van der Waals surface area contributed by atoms with Gasteiger partial charge in [0.25, 0.3) is 0 Å². The first kappa shape index (κ1) is 16.1. The van der Waals surface area contributed by atoms with Gasteiger partial charge in [-0.25, -0.2) is 0 Å². The van der Waals surface area contributed by atoms with Crippen molar-refractivity contribution < 1.29 is 18.3 Å². The Morgan fingerprint density at radius 2 is 1.86 bits per heavy atom. The summed E-state index contributed by atoms with van der Waals surface area (Å²) in [5, 5.41) is 0. The van der Waals surface area contributed by atoms with Crippen LogP contribution in [0.4, 0.5) is 8.78 Å². The molecule has 1 aromatic carbocycles. The molecular weight excluding hydrogens is 292 g/mol. The smallest absolute Gasteiger partial charge is 0.387 e. The first-order valence-corrected chi connectivity index (χ1v) is 6.74. The molecule has 118 valence electrons. The van der Waals surface area contributed by atoms with E-state index in [-0.39, 0.29) is 17.6 Å². The highest BCUT2D eigenvalue weighted by Gasteiger charge is 2.17. The molecule has 0 spiro atoms. The summed E-state index contributed by atoms with van der Waals surface area (Å²) in [7, 11) is 0. The lowest BCUT2D eigenvalue weighted by molar-refractivity contribution is -0.0519. The van der Waals surface area contributed by atoms with E-state index < -0.39 is 12.7 Å². The van der Waals surface area contributed by atoms with Crippen molar-refractivity contribution >= 4 is 0 Å². The van der Waals surface area contributed by atoms with Crippen LogP contribution in [0.3, 0.4) is 0 Å². The molecule has 0 fully saturated rings. The second kappa shape index (κ2) is 7.13. The van der Waals surface area contributed by atoms with E-state index in [1.807, 2.05) is 0 Å². The van der Waals surface area contributed by atoms with Gasteiger partial charge in [0.1, 0.15) is 0 Å². The highest BCUT2D eigenvalue weighted by atomic mass is 19.3. The third kappa shape index (κ3) is 4.11. The molecule has 1 heterocycles. The van der Waals surface area contributed by atoms with E-state index in [2.05, 4.69) is 14.7 Å².